The molecule has 0 spiro atoms. The van der Waals surface area contributed by atoms with Crippen LogP contribution in [-0.4, -0.2) is 19.9 Å². The lowest BCUT2D eigenvalue weighted by Gasteiger charge is -2.23. The van der Waals surface area contributed by atoms with E-state index in [0.717, 1.165) is 22.5 Å². The summed E-state index contributed by atoms with van der Waals surface area (Å²) < 4.78 is 15.8. The summed E-state index contributed by atoms with van der Waals surface area (Å²) in [4.78, 5) is 21.2. The number of fused-ring (bicyclic) bond motifs is 5. The number of hydrogen-bond acceptors (Lipinski definition) is 5. The van der Waals surface area contributed by atoms with E-state index in [1.165, 1.54) is 36.5 Å². The fraction of sp³-hybridized carbons (Fsp3) is 0.135. The van der Waals surface area contributed by atoms with Crippen LogP contribution in [0.4, 0.5) is 21.7 Å². The molecule has 2 aliphatic rings. The summed E-state index contributed by atoms with van der Waals surface area (Å²) in [5.74, 6) is 2.14. The van der Waals surface area contributed by atoms with Gasteiger partial charge in [-0.25, -0.2) is 9.37 Å². The van der Waals surface area contributed by atoms with E-state index in [2.05, 4.69) is 17.1 Å². The van der Waals surface area contributed by atoms with Crippen molar-refractivity contribution >= 4 is 17.3 Å². The Morgan fingerprint density at radius 2 is 1.19 bits per heavy atom. The Morgan fingerprint density at radius 3 is 1.84 bits per heavy atom. The fourth-order valence-corrected chi connectivity index (χ4v) is 6.61. The van der Waals surface area contributed by atoms with E-state index >= 15 is 4.39 Å². The standard InChI is InChI=1S/C37H28FN5/c38-33-22-28(23-39-34(33)27-18-19-31-25-16-17-26(20-25)32(31)21-27)36-40-35(24-10-4-1-5-11-24)41-37(42-36)43(29-12-6-2-7-13-29)30-14-8-3-9-15-30/h1-15,18-19,21-23,25-26H,16-17,20H2. The average Bonchev–Trinajstić information content (AvgIpc) is 3.69. The van der Waals surface area contributed by atoms with E-state index < -0.39 is 5.82 Å². The maximum absolute atomic E-state index is 15.8. The summed E-state index contributed by atoms with van der Waals surface area (Å²) in [5, 5.41) is 0. The highest BCUT2D eigenvalue weighted by molar-refractivity contribution is 5.75. The first-order valence-corrected chi connectivity index (χ1v) is 14.7. The monoisotopic (exact) mass is 561 g/mol. The van der Waals surface area contributed by atoms with Crippen LogP contribution in [-0.2, 0) is 0 Å². The molecular formula is C37H28FN5. The van der Waals surface area contributed by atoms with Crippen LogP contribution >= 0.6 is 0 Å². The minimum absolute atomic E-state index is 0.349. The molecule has 1 fully saturated rings. The van der Waals surface area contributed by atoms with Crippen LogP contribution in [0.1, 0.15) is 42.2 Å². The predicted molar refractivity (Wildman–Crippen MR) is 168 cm³/mol. The molecule has 8 rings (SSSR count). The summed E-state index contributed by atoms with van der Waals surface area (Å²) >= 11 is 0. The van der Waals surface area contributed by atoms with Crippen molar-refractivity contribution in [3.8, 4) is 34.0 Å². The molecule has 2 unspecified atom stereocenters. The van der Waals surface area contributed by atoms with Gasteiger partial charge < -0.3 is 0 Å². The fourth-order valence-electron chi connectivity index (χ4n) is 6.61. The highest BCUT2D eigenvalue weighted by Crippen LogP contribution is 2.53. The first-order valence-electron chi connectivity index (χ1n) is 14.7. The lowest BCUT2D eigenvalue weighted by atomic mass is 9.90. The zero-order valence-electron chi connectivity index (χ0n) is 23.4. The number of nitrogens with zero attached hydrogens (tertiary/aromatic N) is 5. The molecule has 2 aromatic heterocycles. The molecule has 208 valence electrons. The second kappa shape index (κ2) is 10.6. The van der Waals surface area contributed by atoms with Gasteiger partial charge in [-0.05, 0) is 78.6 Å². The second-order valence-electron chi connectivity index (χ2n) is 11.3. The van der Waals surface area contributed by atoms with Crippen molar-refractivity contribution in [3.63, 3.8) is 0 Å². The molecule has 0 aliphatic heterocycles. The van der Waals surface area contributed by atoms with Crippen LogP contribution in [0.3, 0.4) is 0 Å². The lowest BCUT2D eigenvalue weighted by molar-refractivity contribution is 0.626. The SMILES string of the molecule is Fc1cc(-c2nc(-c3ccccc3)nc(N(c3ccccc3)c3ccccc3)n2)cnc1-c1ccc2c(c1)C1CCC2C1. The molecule has 2 bridgehead atoms. The predicted octanol–water partition coefficient (Wildman–Crippen LogP) is 9.24. The van der Waals surface area contributed by atoms with Crippen molar-refractivity contribution in [2.45, 2.75) is 31.1 Å². The second-order valence-corrected chi connectivity index (χ2v) is 11.3. The molecule has 2 heterocycles. The van der Waals surface area contributed by atoms with Crippen LogP contribution in [0.15, 0.2) is 121 Å². The summed E-state index contributed by atoms with van der Waals surface area (Å²) in [6.45, 7) is 0. The average molecular weight is 562 g/mol. The number of rotatable bonds is 6. The van der Waals surface area contributed by atoms with Crippen LogP contribution in [0, 0.1) is 5.82 Å². The Bertz CT molecular complexity index is 1890. The summed E-state index contributed by atoms with van der Waals surface area (Å²) in [6.07, 6.45) is 5.39. The number of hydrogen-bond donors (Lipinski definition) is 0. The highest BCUT2D eigenvalue weighted by Gasteiger charge is 2.36. The zero-order valence-corrected chi connectivity index (χ0v) is 23.4. The van der Waals surface area contributed by atoms with Crippen molar-refractivity contribution in [3.05, 3.63) is 138 Å². The lowest BCUT2D eigenvalue weighted by Crippen LogP contribution is -2.15. The van der Waals surface area contributed by atoms with Gasteiger partial charge >= 0.3 is 0 Å². The van der Waals surface area contributed by atoms with Gasteiger partial charge in [-0.2, -0.15) is 9.97 Å². The Labute approximate surface area is 249 Å². The van der Waals surface area contributed by atoms with Gasteiger partial charge in [-0.15, -0.1) is 0 Å². The molecule has 2 aliphatic carbocycles. The third-order valence-electron chi connectivity index (χ3n) is 8.66. The maximum atomic E-state index is 15.8. The molecule has 0 amide bonds. The van der Waals surface area contributed by atoms with Crippen LogP contribution < -0.4 is 4.90 Å². The summed E-state index contributed by atoms with van der Waals surface area (Å²) in [7, 11) is 0. The number of pyridine rings is 1. The maximum Gasteiger partial charge on any atom is 0.238 e. The molecular weight excluding hydrogens is 533 g/mol. The molecule has 6 heteroatoms. The van der Waals surface area contributed by atoms with Crippen molar-refractivity contribution in [2.24, 2.45) is 0 Å². The van der Waals surface area contributed by atoms with Gasteiger partial charge in [0.05, 0.1) is 0 Å². The molecule has 43 heavy (non-hydrogen) atoms. The Morgan fingerprint density at radius 1 is 0.581 bits per heavy atom. The normalized spacial score (nSPS) is 16.7. The van der Waals surface area contributed by atoms with E-state index in [-0.39, 0.29) is 0 Å². The number of para-hydroxylation sites is 2. The van der Waals surface area contributed by atoms with Gasteiger partial charge in [0.2, 0.25) is 5.95 Å². The molecule has 5 nitrogen and oxygen atoms in total. The number of anilines is 3. The van der Waals surface area contributed by atoms with Gasteiger partial charge in [0.15, 0.2) is 11.6 Å². The van der Waals surface area contributed by atoms with Crippen molar-refractivity contribution in [2.75, 3.05) is 4.90 Å². The van der Waals surface area contributed by atoms with Crippen molar-refractivity contribution < 1.29 is 4.39 Å². The minimum atomic E-state index is -0.396. The van der Waals surface area contributed by atoms with Gasteiger partial charge in [0.25, 0.3) is 0 Å². The van der Waals surface area contributed by atoms with E-state index in [0.29, 0.717) is 40.7 Å². The molecule has 0 radical (unpaired) electrons. The van der Waals surface area contributed by atoms with Gasteiger partial charge in [0.1, 0.15) is 11.5 Å². The molecule has 0 saturated heterocycles. The Kier molecular flexibility index (Phi) is 6.25. The topological polar surface area (TPSA) is 54.8 Å². The smallest absolute Gasteiger partial charge is 0.238 e. The molecule has 0 N–H and O–H groups in total. The highest BCUT2D eigenvalue weighted by atomic mass is 19.1. The molecule has 4 aromatic carbocycles. The number of aromatic nitrogens is 4. The van der Waals surface area contributed by atoms with Crippen molar-refractivity contribution in [1.82, 2.24) is 19.9 Å². The quantitative estimate of drug-likeness (QED) is 0.203. The summed E-state index contributed by atoms with van der Waals surface area (Å²) in [6, 6.07) is 37.5. The van der Waals surface area contributed by atoms with E-state index in [1.807, 2.05) is 102 Å². The van der Waals surface area contributed by atoms with E-state index in [4.69, 9.17) is 15.0 Å². The summed E-state index contributed by atoms with van der Waals surface area (Å²) in [5.41, 5.74) is 7.09. The van der Waals surface area contributed by atoms with Crippen molar-refractivity contribution in [1.29, 1.82) is 0 Å². The Hall–Kier alpha value is -5.23. The first-order chi connectivity index (χ1) is 21.2. The molecule has 1 saturated carbocycles. The van der Waals surface area contributed by atoms with Crippen LogP contribution in [0.25, 0.3) is 34.0 Å². The number of halogens is 1. The molecule has 2 atom stereocenters. The third-order valence-corrected chi connectivity index (χ3v) is 8.66. The first kappa shape index (κ1) is 25.5. The van der Waals surface area contributed by atoms with Crippen LogP contribution in [0.5, 0.6) is 0 Å². The van der Waals surface area contributed by atoms with E-state index in [9.17, 15) is 0 Å². The minimum Gasteiger partial charge on any atom is -0.279 e. The van der Waals surface area contributed by atoms with E-state index in [1.54, 1.807) is 6.20 Å². The van der Waals surface area contributed by atoms with Crippen LogP contribution in [0.2, 0.25) is 0 Å². The molecule has 6 aromatic rings. The van der Waals surface area contributed by atoms with Gasteiger partial charge in [-0.3, -0.25) is 9.88 Å². The number of benzene rings is 4. The van der Waals surface area contributed by atoms with Gasteiger partial charge in [-0.1, -0.05) is 78.9 Å². The zero-order chi connectivity index (χ0) is 28.8. The third kappa shape index (κ3) is 4.65. The Balaban J connectivity index is 1.24. The van der Waals surface area contributed by atoms with Gasteiger partial charge in [0, 0.05) is 34.3 Å². The largest absolute Gasteiger partial charge is 0.279 e.